The highest BCUT2D eigenvalue weighted by Gasteiger charge is 1.99. The first-order chi connectivity index (χ1) is 8.31. The fourth-order valence-corrected chi connectivity index (χ4v) is 1.66. The van der Waals surface area contributed by atoms with Crippen molar-refractivity contribution in [2.75, 3.05) is 6.54 Å². The lowest BCUT2D eigenvalue weighted by atomic mass is 10.1. The van der Waals surface area contributed by atoms with Crippen LogP contribution in [0.15, 0.2) is 25.3 Å². The summed E-state index contributed by atoms with van der Waals surface area (Å²) in [5.74, 6) is 0.201. The normalized spacial score (nSPS) is 9.88. The molecule has 0 saturated heterocycles. The van der Waals surface area contributed by atoms with Crippen molar-refractivity contribution >= 4 is 5.91 Å². The zero-order chi connectivity index (χ0) is 12.8. The Labute approximate surface area is 106 Å². The molecular formula is C15H27NO. The van der Waals surface area contributed by atoms with E-state index in [-0.39, 0.29) is 5.91 Å². The number of rotatable bonds is 12. The van der Waals surface area contributed by atoms with E-state index in [1.165, 1.54) is 12.8 Å². The summed E-state index contributed by atoms with van der Waals surface area (Å²) in [5.41, 5.74) is 0. The predicted octanol–water partition coefficient (Wildman–Crippen LogP) is 3.99. The molecule has 0 aliphatic carbocycles. The van der Waals surface area contributed by atoms with Gasteiger partial charge < -0.3 is 5.32 Å². The summed E-state index contributed by atoms with van der Waals surface area (Å²) in [4.78, 5) is 11.4. The number of unbranched alkanes of at least 4 members (excludes halogenated alkanes) is 6. The van der Waals surface area contributed by atoms with Gasteiger partial charge in [0.15, 0.2) is 0 Å². The first-order valence-corrected chi connectivity index (χ1v) is 6.79. The maximum atomic E-state index is 11.4. The van der Waals surface area contributed by atoms with Gasteiger partial charge in [-0.3, -0.25) is 4.79 Å². The van der Waals surface area contributed by atoms with E-state index in [4.69, 9.17) is 0 Å². The first-order valence-electron chi connectivity index (χ1n) is 6.79. The molecule has 0 aromatic rings. The number of amides is 1. The van der Waals surface area contributed by atoms with Crippen LogP contribution in [0.4, 0.5) is 0 Å². The van der Waals surface area contributed by atoms with Gasteiger partial charge in [0.1, 0.15) is 0 Å². The zero-order valence-electron chi connectivity index (χ0n) is 11.0. The van der Waals surface area contributed by atoms with E-state index in [0.29, 0.717) is 6.42 Å². The average Bonchev–Trinajstić information content (AvgIpc) is 2.33. The van der Waals surface area contributed by atoms with Crippen molar-refractivity contribution in [1.82, 2.24) is 5.32 Å². The summed E-state index contributed by atoms with van der Waals surface area (Å²) >= 11 is 0. The monoisotopic (exact) mass is 237 g/mol. The molecule has 1 N–H and O–H groups in total. The van der Waals surface area contributed by atoms with E-state index < -0.39 is 0 Å². The van der Waals surface area contributed by atoms with Crippen LogP contribution in [0, 0.1) is 0 Å². The van der Waals surface area contributed by atoms with Crippen molar-refractivity contribution in [3.8, 4) is 0 Å². The van der Waals surface area contributed by atoms with Crippen molar-refractivity contribution in [1.29, 1.82) is 0 Å². The lowest BCUT2D eigenvalue weighted by Crippen LogP contribution is -2.23. The highest BCUT2D eigenvalue weighted by atomic mass is 16.1. The lowest BCUT2D eigenvalue weighted by molar-refractivity contribution is -0.121. The molecule has 0 unspecified atom stereocenters. The van der Waals surface area contributed by atoms with Crippen LogP contribution in [0.5, 0.6) is 0 Å². The Morgan fingerprint density at radius 1 is 0.882 bits per heavy atom. The summed E-state index contributed by atoms with van der Waals surface area (Å²) in [5, 5.41) is 2.97. The number of allylic oxidation sites excluding steroid dienone is 2. The Hall–Kier alpha value is -1.05. The minimum atomic E-state index is 0.201. The fraction of sp³-hybridized carbons (Fsp3) is 0.667. The highest BCUT2D eigenvalue weighted by molar-refractivity contribution is 5.75. The standard InChI is InChI=1S/C15H27NO/c1-3-5-7-9-11-13-15(17)16-14-12-10-8-6-4-2/h3-4H,1-2,5-14H2,(H,16,17). The molecular weight excluding hydrogens is 210 g/mol. The van der Waals surface area contributed by atoms with Crippen LogP contribution in [0.2, 0.25) is 0 Å². The van der Waals surface area contributed by atoms with Gasteiger partial charge >= 0.3 is 0 Å². The molecule has 0 rings (SSSR count). The molecule has 0 fully saturated rings. The van der Waals surface area contributed by atoms with Crippen molar-refractivity contribution in [3.05, 3.63) is 25.3 Å². The molecule has 0 aliphatic heterocycles. The quantitative estimate of drug-likeness (QED) is 0.403. The molecule has 0 heterocycles. The summed E-state index contributed by atoms with van der Waals surface area (Å²) in [7, 11) is 0. The second-order valence-corrected chi connectivity index (χ2v) is 4.38. The third-order valence-electron chi connectivity index (χ3n) is 2.72. The summed E-state index contributed by atoms with van der Waals surface area (Å²) in [6.07, 6.45) is 13.4. The van der Waals surface area contributed by atoms with Gasteiger partial charge in [-0.1, -0.05) is 25.0 Å². The van der Waals surface area contributed by atoms with Crippen LogP contribution in [0.1, 0.15) is 57.8 Å². The number of carbonyl (C=O) groups is 1. The van der Waals surface area contributed by atoms with Crippen LogP contribution in [-0.2, 0) is 4.79 Å². The smallest absolute Gasteiger partial charge is 0.219 e. The minimum Gasteiger partial charge on any atom is -0.356 e. The summed E-state index contributed by atoms with van der Waals surface area (Å²) < 4.78 is 0. The van der Waals surface area contributed by atoms with Crippen LogP contribution in [-0.4, -0.2) is 12.5 Å². The third-order valence-corrected chi connectivity index (χ3v) is 2.72. The van der Waals surface area contributed by atoms with E-state index >= 15 is 0 Å². The zero-order valence-corrected chi connectivity index (χ0v) is 11.0. The molecule has 0 bridgehead atoms. The van der Waals surface area contributed by atoms with Gasteiger partial charge in [0, 0.05) is 13.0 Å². The van der Waals surface area contributed by atoms with Gasteiger partial charge in [0.2, 0.25) is 5.91 Å². The van der Waals surface area contributed by atoms with E-state index in [1.54, 1.807) is 0 Å². The van der Waals surface area contributed by atoms with Gasteiger partial charge in [0.25, 0.3) is 0 Å². The van der Waals surface area contributed by atoms with Crippen molar-refractivity contribution in [2.45, 2.75) is 57.8 Å². The van der Waals surface area contributed by atoms with Gasteiger partial charge in [-0.25, -0.2) is 0 Å². The molecule has 1 amide bonds. The lowest BCUT2D eigenvalue weighted by Gasteiger charge is -2.04. The van der Waals surface area contributed by atoms with Crippen molar-refractivity contribution in [2.24, 2.45) is 0 Å². The van der Waals surface area contributed by atoms with E-state index in [1.807, 2.05) is 12.2 Å². The predicted molar refractivity (Wildman–Crippen MR) is 75.0 cm³/mol. The molecule has 0 atom stereocenters. The Morgan fingerprint density at radius 3 is 2.06 bits per heavy atom. The Kier molecular flexibility index (Phi) is 12.2. The number of hydrogen-bond donors (Lipinski definition) is 1. The molecule has 98 valence electrons. The highest BCUT2D eigenvalue weighted by Crippen LogP contribution is 2.03. The van der Waals surface area contributed by atoms with Crippen LogP contribution >= 0.6 is 0 Å². The van der Waals surface area contributed by atoms with E-state index in [0.717, 1.165) is 45.1 Å². The van der Waals surface area contributed by atoms with Crippen LogP contribution < -0.4 is 5.32 Å². The van der Waals surface area contributed by atoms with E-state index in [2.05, 4.69) is 18.5 Å². The Morgan fingerprint density at radius 2 is 1.47 bits per heavy atom. The first kappa shape index (κ1) is 16.0. The average molecular weight is 237 g/mol. The van der Waals surface area contributed by atoms with Gasteiger partial charge in [-0.15, -0.1) is 13.2 Å². The molecule has 0 aromatic heterocycles. The minimum absolute atomic E-state index is 0.201. The molecule has 0 radical (unpaired) electrons. The molecule has 0 aliphatic rings. The van der Waals surface area contributed by atoms with Gasteiger partial charge in [-0.2, -0.15) is 0 Å². The van der Waals surface area contributed by atoms with E-state index in [9.17, 15) is 4.79 Å². The molecule has 2 heteroatoms. The van der Waals surface area contributed by atoms with Crippen molar-refractivity contribution in [3.63, 3.8) is 0 Å². The second kappa shape index (κ2) is 13.0. The SMILES string of the molecule is C=CCCCCCNC(=O)CCCCCC=C. The van der Waals surface area contributed by atoms with Gasteiger partial charge in [-0.05, 0) is 38.5 Å². The topological polar surface area (TPSA) is 29.1 Å². The van der Waals surface area contributed by atoms with Gasteiger partial charge in [0.05, 0.1) is 0 Å². The molecule has 0 saturated carbocycles. The maximum Gasteiger partial charge on any atom is 0.219 e. The number of hydrogen-bond acceptors (Lipinski definition) is 1. The third kappa shape index (κ3) is 12.9. The number of carbonyl (C=O) groups excluding carboxylic acids is 1. The summed E-state index contributed by atoms with van der Waals surface area (Å²) in [6.45, 7) is 8.19. The Bertz CT molecular complexity index is 211. The fourth-order valence-electron chi connectivity index (χ4n) is 1.66. The van der Waals surface area contributed by atoms with Crippen LogP contribution in [0.25, 0.3) is 0 Å². The summed E-state index contributed by atoms with van der Waals surface area (Å²) in [6, 6.07) is 0. The Balaban J connectivity index is 3.17. The van der Waals surface area contributed by atoms with Crippen LogP contribution in [0.3, 0.4) is 0 Å². The molecule has 0 spiro atoms. The molecule has 17 heavy (non-hydrogen) atoms. The van der Waals surface area contributed by atoms with Crippen molar-refractivity contribution < 1.29 is 4.79 Å². The molecule has 2 nitrogen and oxygen atoms in total. The molecule has 0 aromatic carbocycles. The second-order valence-electron chi connectivity index (χ2n) is 4.38. The maximum absolute atomic E-state index is 11.4. The largest absolute Gasteiger partial charge is 0.356 e. The number of nitrogens with one attached hydrogen (secondary N) is 1.